The fourth-order valence-electron chi connectivity index (χ4n) is 8.38. The van der Waals surface area contributed by atoms with Crippen LogP contribution in [0.5, 0.6) is 0 Å². The summed E-state index contributed by atoms with van der Waals surface area (Å²) in [5.41, 5.74) is 2.75. The SMILES string of the molecule is COC(=O)c1cccc(CN(CCO)CCOCCOCCN(CCO)C(c2ccc(C(=O)NCCOCCOCCNC(=O)OCC3[C@H]4CC/C=C\CC[C@@H]34)cc2)c2cccc(C(=O)OC)n2)n1. The van der Waals surface area contributed by atoms with Crippen molar-refractivity contribution < 1.29 is 62.5 Å². The molecule has 5 rings (SSSR count). The van der Waals surface area contributed by atoms with E-state index in [9.17, 15) is 29.4 Å². The topological polar surface area (TPSA) is 230 Å². The first kappa shape index (κ1) is 54.6. The summed E-state index contributed by atoms with van der Waals surface area (Å²) in [6, 6.07) is 16.7. The molecular weight excluding hydrogens is 893 g/mol. The lowest BCUT2D eigenvalue weighted by atomic mass is 9.99. The Labute approximate surface area is 404 Å². The third-order valence-electron chi connectivity index (χ3n) is 12.0. The molecule has 2 aliphatic rings. The van der Waals surface area contributed by atoms with Crippen LogP contribution in [0, 0.1) is 17.8 Å². The highest BCUT2D eigenvalue weighted by molar-refractivity contribution is 5.94. The number of fused-ring (bicyclic) bond motifs is 1. The highest BCUT2D eigenvalue weighted by atomic mass is 16.6. The van der Waals surface area contributed by atoms with Gasteiger partial charge in [0.2, 0.25) is 0 Å². The fourth-order valence-corrected chi connectivity index (χ4v) is 8.38. The Bertz CT molecular complexity index is 2030. The van der Waals surface area contributed by atoms with Gasteiger partial charge in [-0.25, -0.2) is 24.4 Å². The molecule has 2 heterocycles. The van der Waals surface area contributed by atoms with E-state index in [0.717, 1.165) is 18.4 Å². The van der Waals surface area contributed by atoms with Gasteiger partial charge in [-0.05, 0) is 85.4 Å². The molecule has 0 aliphatic heterocycles. The number of aromatic nitrogens is 2. The van der Waals surface area contributed by atoms with E-state index in [4.69, 9.17) is 33.2 Å². The molecule has 4 N–H and O–H groups in total. The van der Waals surface area contributed by atoms with Gasteiger partial charge in [-0.3, -0.25) is 14.6 Å². The van der Waals surface area contributed by atoms with E-state index >= 15 is 0 Å². The Morgan fingerprint density at radius 1 is 0.667 bits per heavy atom. The Hall–Kier alpha value is -5.38. The maximum atomic E-state index is 13.1. The van der Waals surface area contributed by atoms with E-state index < -0.39 is 24.1 Å². The number of alkyl carbamates (subject to hydrolysis) is 1. The second-order valence-corrected chi connectivity index (χ2v) is 16.6. The summed E-state index contributed by atoms with van der Waals surface area (Å²) >= 11 is 0. The number of ether oxygens (including phenoxy) is 7. The molecule has 1 saturated carbocycles. The summed E-state index contributed by atoms with van der Waals surface area (Å²) in [6.07, 6.45) is 8.66. The average molecular weight is 963 g/mol. The van der Waals surface area contributed by atoms with Gasteiger partial charge >= 0.3 is 18.0 Å². The number of hydrogen-bond donors (Lipinski definition) is 4. The molecule has 0 radical (unpaired) electrons. The molecule has 2 aromatic heterocycles. The number of esters is 2. The van der Waals surface area contributed by atoms with Crippen LogP contribution in [0.2, 0.25) is 0 Å². The van der Waals surface area contributed by atoms with Crippen molar-refractivity contribution in [3.8, 4) is 0 Å². The zero-order valence-electron chi connectivity index (χ0n) is 40.0. The fraction of sp³-hybridized carbons (Fsp3) is 0.560. The average Bonchev–Trinajstić information content (AvgIpc) is 4.02. The third-order valence-corrected chi connectivity index (χ3v) is 12.0. The van der Waals surface area contributed by atoms with Crippen molar-refractivity contribution >= 4 is 23.9 Å². The number of nitrogens with one attached hydrogen (secondary N) is 2. The Balaban J connectivity index is 1.01. The molecule has 69 heavy (non-hydrogen) atoms. The van der Waals surface area contributed by atoms with Gasteiger partial charge in [0.05, 0.1) is 104 Å². The van der Waals surface area contributed by atoms with Crippen molar-refractivity contribution in [3.63, 3.8) is 0 Å². The van der Waals surface area contributed by atoms with Crippen molar-refractivity contribution in [2.45, 2.75) is 38.3 Å². The van der Waals surface area contributed by atoms with Crippen LogP contribution >= 0.6 is 0 Å². The molecule has 0 spiro atoms. The first-order valence-corrected chi connectivity index (χ1v) is 23.8. The van der Waals surface area contributed by atoms with Crippen LogP contribution in [0.3, 0.4) is 0 Å². The number of carbonyl (C=O) groups excluding carboxylic acids is 4. The lowest BCUT2D eigenvalue weighted by Crippen LogP contribution is -2.36. The van der Waals surface area contributed by atoms with Crippen LogP contribution in [-0.2, 0) is 39.7 Å². The molecule has 1 fully saturated rings. The molecule has 4 atom stereocenters. The number of benzene rings is 1. The molecular formula is C50H70N6O13. The molecule has 19 nitrogen and oxygen atoms in total. The normalized spacial score (nSPS) is 17.3. The van der Waals surface area contributed by atoms with Gasteiger partial charge in [-0.15, -0.1) is 0 Å². The van der Waals surface area contributed by atoms with Crippen LogP contribution in [0.1, 0.15) is 80.0 Å². The second kappa shape index (κ2) is 31.0. The second-order valence-electron chi connectivity index (χ2n) is 16.6. The zero-order chi connectivity index (χ0) is 49.1. The zero-order valence-corrected chi connectivity index (χ0v) is 40.0. The van der Waals surface area contributed by atoms with Crippen molar-refractivity contribution in [1.29, 1.82) is 0 Å². The number of methoxy groups -OCH3 is 2. The summed E-state index contributed by atoms with van der Waals surface area (Å²) in [5.74, 6) is 0.448. The van der Waals surface area contributed by atoms with Gasteiger partial charge in [0.15, 0.2) is 0 Å². The first-order chi connectivity index (χ1) is 33.8. The molecule has 2 amide bonds. The summed E-state index contributed by atoms with van der Waals surface area (Å²) in [4.78, 5) is 62.5. The molecule has 19 heteroatoms. The monoisotopic (exact) mass is 963 g/mol. The van der Waals surface area contributed by atoms with Gasteiger partial charge in [0.25, 0.3) is 5.91 Å². The van der Waals surface area contributed by atoms with Crippen molar-refractivity contribution in [2.75, 3.05) is 126 Å². The predicted octanol–water partition coefficient (Wildman–Crippen LogP) is 3.44. The van der Waals surface area contributed by atoms with E-state index in [1.165, 1.54) is 27.1 Å². The number of amides is 2. The minimum atomic E-state index is -0.587. The number of carbonyl (C=O) groups is 4. The van der Waals surface area contributed by atoms with Crippen LogP contribution in [0.25, 0.3) is 0 Å². The molecule has 2 unspecified atom stereocenters. The van der Waals surface area contributed by atoms with Crippen LogP contribution in [-0.4, -0.2) is 180 Å². The molecule has 0 saturated heterocycles. The minimum absolute atomic E-state index is 0.0520. The van der Waals surface area contributed by atoms with Crippen molar-refractivity contribution in [2.24, 2.45) is 17.8 Å². The number of rotatable bonds is 32. The molecule has 1 aromatic carbocycles. The molecule has 2 aliphatic carbocycles. The van der Waals surface area contributed by atoms with Crippen LogP contribution in [0.15, 0.2) is 72.8 Å². The first-order valence-electron chi connectivity index (χ1n) is 23.8. The van der Waals surface area contributed by atoms with Crippen LogP contribution < -0.4 is 10.6 Å². The lowest BCUT2D eigenvalue weighted by molar-refractivity contribution is 0.0245. The van der Waals surface area contributed by atoms with E-state index in [-0.39, 0.29) is 56.8 Å². The molecule has 0 bridgehead atoms. The summed E-state index contributed by atoms with van der Waals surface area (Å²) < 4.78 is 38.1. The molecule has 378 valence electrons. The Kier molecular flexibility index (Phi) is 24.5. The standard InChI is InChI=1S/C50H70N6O13/c1-63-48(60)44-13-7-9-39(53-44)35-55(21-25-57)23-29-67-33-34-68-30-24-56(22-26-58)46(43-12-8-14-45(54-43)49(61)64-2)37-15-17-38(18-16-37)47(59)51-19-27-65-31-32-66-28-20-52-50(62)69-36-42-40-10-5-3-4-6-11-41(40)42/h3-4,7-9,12-18,40-42,46,57-58H,5-6,10-11,19-36H2,1-2H3,(H,51,59)(H,52,62)/b4-3-/t40-,41+,42?,46?. The highest BCUT2D eigenvalue weighted by Gasteiger charge is 2.49. The number of allylic oxidation sites excluding steroid dienone is 2. The van der Waals surface area contributed by atoms with Gasteiger partial charge in [-0.1, -0.05) is 36.4 Å². The van der Waals surface area contributed by atoms with E-state index in [0.29, 0.717) is 114 Å². The lowest BCUT2D eigenvalue weighted by Gasteiger charge is -2.31. The third kappa shape index (κ3) is 18.8. The Morgan fingerprint density at radius 2 is 1.25 bits per heavy atom. The number of aliphatic hydroxyl groups is 2. The van der Waals surface area contributed by atoms with Crippen LogP contribution in [0.4, 0.5) is 4.79 Å². The highest BCUT2D eigenvalue weighted by Crippen LogP contribution is 2.52. The smallest absolute Gasteiger partial charge is 0.407 e. The van der Waals surface area contributed by atoms with E-state index in [1.54, 1.807) is 48.5 Å². The van der Waals surface area contributed by atoms with Gasteiger partial charge in [-0.2, -0.15) is 0 Å². The van der Waals surface area contributed by atoms with Gasteiger partial charge in [0, 0.05) is 51.4 Å². The molecule has 3 aromatic rings. The van der Waals surface area contributed by atoms with Gasteiger partial charge in [0.1, 0.15) is 11.4 Å². The number of nitrogens with zero attached hydrogens (tertiary/aromatic N) is 4. The van der Waals surface area contributed by atoms with E-state index in [2.05, 4.69) is 32.8 Å². The maximum absolute atomic E-state index is 13.1. The summed E-state index contributed by atoms with van der Waals surface area (Å²) in [6.45, 7) is 5.39. The minimum Gasteiger partial charge on any atom is -0.464 e. The number of aliphatic hydroxyl groups excluding tert-OH is 2. The van der Waals surface area contributed by atoms with Crippen molar-refractivity contribution in [1.82, 2.24) is 30.4 Å². The summed E-state index contributed by atoms with van der Waals surface area (Å²) in [5, 5.41) is 25.3. The van der Waals surface area contributed by atoms with E-state index in [1.807, 2.05) is 21.9 Å². The van der Waals surface area contributed by atoms with Gasteiger partial charge < -0.3 is 54.0 Å². The quantitative estimate of drug-likeness (QED) is 0.0304. The predicted molar refractivity (Wildman–Crippen MR) is 253 cm³/mol. The Morgan fingerprint density at radius 3 is 1.87 bits per heavy atom. The largest absolute Gasteiger partial charge is 0.464 e. The number of hydrogen-bond acceptors (Lipinski definition) is 17. The van der Waals surface area contributed by atoms with Crippen molar-refractivity contribution in [3.05, 3.63) is 107 Å². The summed E-state index contributed by atoms with van der Waals surface area (Å²) in [7, 11) is 2.59. The number of pyridine rings is 2. The maximum Gasteiger partial charge on any atom is 0.407 e.